The minimum atomic E-state index is -0.148. The van der Waals surface area contributed by atoms with E-state index >= 15 is 0 Å². The Morgan fingerprint density at radius 1 is 1.17 bits per heavy atom. The highest BCUT2D eigenvalue weighted by atomic mass is 32.2. The van der Waals surface area contributed by atoms with E-state index in [-0.39, 0.29) is 29.6 Å². The maximum atomic E-state index is 12.8. The minimum Gasteiger partial charge on any atom is -0.343 e. The molecule has 1 aromatic carbocycles. The van der Waals surface area contributed by atoms with Gasteiger partial charge in [-0.15, -0.1) is 11.3 Å². The molecule has 1 saturated carbocycles. The Morgan fingerprint density at radius 2 is 1.83 bits per heavy atom. The van der Waals surface area contributed by atoms with Crippen LogP contribution >= 0.6 is 23.1 Å². The Kier molecular flexibility index (Phi) is 5.92. The molecule has 2 aromatic rings. The second-order valence-corrected chi connectivity index (χ2v) is 9.75. The number of fused-ring (bicyclic) bond motifs is 2. The van der Waals surface area contributed by atoms with E-state index in [0.717, 1.165) is 40.2 Å². The molecule has 2 heterocycles. The van der Waals surface area contributed by atoms with Crippen LogP contribution in [-0.4, -0.2) is 46.4 Å². The Labute approximate surface area is 178 Å². The van der Waals surface area contributed by atoms with Crippen LogP contribution in [0.3, 0.4) is 0 Å². The van der Waals surface area contributed by atoms with E-state index in [1.54, 1.807) is 0 Å². The summed E-state index contributed by atoms with van der Waals surface area (Å²) in [6.07, 6.45) is 3.68. The third kappa shape index (κ3) is 3.80. The van der Waals surface area contributed by atoms with E-state index in [1.807, 2.05) is 36.9 Å². The zero-order chi connectivity index (χ0) is 20.5. The summed E-state index contributed by atoms with van der Waals surface area (Å²) in [4.78, 5) is 45.7. The van der Waals surface area contributed by atoms with Crippen LogP contribution in [0.5, 0.6) is 0 Å². The highest BCUT2D eigenvalue weighted by Crippen LogP contribution is 2.41. The molecule has 4 rings (SSSR count). The molecular formula is C21H25N3O3S2. The number of amides is 3. The molecule has 0 unspecified atom stereocenters. The quantitative estimate of drug-likeness (QED) is 0.512. The fourth-order valence-electron chi connectivity index (χ4n) is 4.30. The fraction of sp³-hybridized carbons (Fsp3) is 0.524. The molecule has 1 aliphatic heterocycles. The summed E-state index contributed by atoms with van der Waals surface area (Å²) in [6, 6.07) is 5.56. The van der Waals surface area contributed by atoms with E-state index in [9.17, 15) is 14.4 Å². The third-order valence-electron chi connectivity index (χ3n) is 5.89. The number of hydrogen-bond donors (Lipinski definition) is 0. The van der Waals surface area contributed by atoms with Crippen molar-refractivity contribution in [1.82, 2.24) is 9.88 Å². The lowest BCUT2D eigenvalue weighted by molar-refractivity contribution is -0.128. The topological polar surface area (TPSA) is 70.6 Å². The summed E-state index contributed by atoms with van der Waals surface area (Å²) in [5.74, 6) is 0.0684. The van der Waals surface area contributed by atoms with Crippen LogP contribution in [0.2, 0.25) is 0 Å². The number of rotatable bonds is 6. The highest BCUT2D eigenvalue weighted by molar-refractivity contribution is 8.01. The van der Waals surface area contributed by atoms with Gasteiger partial charge >= 0.3 is 0 Å². The molecule has 6 nitrogen and oxygen atoms in total. The third-order valence-corrected chi connectivity index (χ3v) is 8.03. The standard InChI is InChI=1S/C21H25N3O3S2/c1-3-23(4-2)18(25)12-28-21-22-16-10-9-13(11-17(16)29-21)24-19(26)14-7-5-6-8-15(14)20(24)27/h9-11,14-15H,3-8,12H2,1-2H3/t14-,15+. The summed E-state index contributed by atoms with van der Waals surface area (Å²) >= 11 is 2.94. The zero-order valence-electron chi connectivity index (χ0n) is 16.7. The van der Waals surface area contributed by atoms with Crippen molar-refractivity contribution in [3.8, 4) is 0 Å². The molecule has 1 aliphatic carbocycles. The summed E-state index contributed by atoms with van der Waals surface area (Å²) in [5, 5.41) is 0. The van der Waals surface area contributed by atoms with Crippen molar-refractivity contribution < 1.29 is 14.4 Å². The lowest BCUT2D eigenvalue weighted by atomic mass is 9.81. The predicted molar refractivity (Wildman–Crippen MR) is 116 cm³/mol. The van der Waals surface area contributed by atoms with Crippen LogP contribution in [-0.2, 0) is 14.4 Å². The summed E-state index contributed by atoms with van der Waals surface area (Å²) in [7, 11) is 0. The smallest absolute Gasteiger partial charge is 0.237 e. The van der Waals surface area contributed by atoms with E-state index in [1.165, 1.54) is 28.0 Å². The highest BCUT2D eigenvalue weighted by Gasteiger charge is 2.48. The van der Waals surface area contributed by atoms with Gasteiger partial charge in [0.05, 0.1) is 33.5 Å². The van der Waals surface area contributed by atoms with Gasteiger partial charge in [0, 0.05) is 13.1 Å². The van der Waals surface area contributed by atoms with Crippen molar-refractivity contribution in [2.24, 2.45) is 11.8 Å². The largest absolute Gasteiger partial charge is 0.343 e. The number of nitrogens with zero attached hydrogens (tertiary/aromatic N) is 3. The number of hydrogen-bond acceptors (Lipinski definition) is 6. The maximum Gasteiger partial charge on any atom is 0.237 e. The fourth-order valence-corrected chi connectivity index (χ4v) is 6.31. The van der Waals surface area contributed by atoms with Gasteiger partial charge in [0.2, 0.25) is 17.7 Å². The molecule has 2 atom stereocenters. The van der Waals surface area contributed by atoms with Gasteiger partial charge in [-0.25, -0.2) is 4.98 Å². The molecule has 0 bridgehead atoms. The Balaban J connectivity index is 1.52. The van der Waals surface area contributed by atoms with Crippen LogP contribution < -0.4 is 4.90 Å². The average Bonchev–Trinajstić information content (AvgIpc) is 3.25. The molecule has 29 heavy (non-hydrogen) atoms. The van der Waals surface area contributed by atoms with Crippen molar-refractivity contribution in [3.63, 3.8) is 0 Å². The summed E-state index contributed by atoms with van der Waals surface area (Å²) in [5.41, 5.74) is 1.47. The maximum absolute atomic E-state index is 12.8. The van der Waals surface area contributed by atoms with Gasteiger partial charge in [0.25, 0.3) is 0 Å². The molecule has 0 spiro atoms. The lowest BCUT2D eigenvalue weighted by Gasteiger charge is -2.19. The van der Waals surface area contributed by atoms with E-state index in [4.69, 9.17) is 0 Å². The van der Waals surface area contributed by atoms with Crippen molar-refractivity contribution in [3.05, 3.63) is 18.2 Å². The van der Waals surface area contributed by atoms with Crippen molar-refractivity contribution in [2.75, 3.05) is 23.7 Å². The molecule has 0 N–H and O–H groups in total. The number of carbonyl (C=O) groups excluding carboxylic acids is 3. The Hall–Kier alpha value is -1.93. The minimum absolute atomic E-state index is 0.0528. The first-order valence-corrected chi connectivity index (χ1v) is 12.0. The average molecular weight is 432 g/mol. The van der Waals surface area contributed by atoms with Gasteiger partial charge < -0.3 is 4.90 Å². The number of carbonyl (C=O) groups is 3. The van der Waals surface area contributed by atoms with Gasteiger partial charge in [-0.1, -0.05) is 24.6 Å². The zero-order valence-corrected chi connectivity index (χ0v) is 18.4. The summed E-state index contributed by atoms with van der Waals surface area (Å²) < 4.78 is 1.75. The number of anilines is 1. The van der Waals surface area contributed by atoms with E-state index < -0.39 is 0 Å². The summed E-state index contributed by atoms with van der Waals surface area (Å²) in [6.45, 7) is 5.36. The first-order valence-electron chi connectivity index (χ1n) is 10.2. The van der Waals surface area contributed by atoms with Crippen molar-refractivity contribution in [2.45, 2.75) is 43.9 Å². The lowest BCUT2D eigenvalue weighted by Crippen LogP contribution is -2.31. The molecule has 0 radical (unpaired) electrons. The number of aromatic nitrogens is 1. The monoisotopic (exact) mass is 431 g/mol. The van der Waals surface area contributed by atoms with Gasteiger partial charge in [0.15, 0.2) is 4.34 Å². The van der Waals surface area contributed by atoms with Crippen molar-refractivity contribution >= 4 is 56.7 Å². The van der Waals surface area contributed by atoms with Crippen LogP contribution in [0.15, 0.2) is 22.5 Å². The molecule has 1 saturated heterocycles. The van der Waals surface area contributed by atoms with Crippen molar-refractivity contribution in [1.29, 1.82) is 0 Å². The molecule has 154 valence electrons. The number of thiazole rings is 1. The first-order chi connectivity index (χ1) is 14.0. The van der Waals surface area contributed by atoms with E-state index in [2.05, 4.69) is 4.98 Å². The molecule has 2 aliphatic rings. The first kappa shape index (κ1) is 20.3. The molecule has 8 heteroatoms. The second-order valence-electron chi connectivity index (χ2n) is 7.50. The number of thioether (sulfide) groups is 1. The van der Waals surface area contributed by atoms with Gasteiger partial charge in [-0.2, -0.15) is 0 Å². The van der Waals surface area contributed by atoms with Gasteiger partial charge in [0.1, 0.15) is 0 Å². The van der Waals surface area contributed by atoms with Crippen LogP contribution in [0.4, 0.5) is 5.69 Å². The molecule has 1 aromatic heterocycles. The number of imide groups is 1. The van der Waals surface area contributed by atoms with Crippen LogP contribution in [0.1, 0.15) is 39.5 Å². The second kappa shape index (κ2) is 8.44. The van der Waals surface area contributed by atoms with Crippen LogP contribution in [0, 0.1) is 11.8 Å². The Morgan fingerprint density at radius 3 is 2.45 bits per heavy atom. The molecule has 3 amide bonds. The normalized spacial score (nSPS) is 21.7. The number of benzene rings is 1. The van der Waals surface area contributed by atoms with Gasteiger partial charge in [-0.05, 0) is 44.9 Å². The molecule has 2 fully saturated rings. The van der Waals surface area contributed by atoms with Gasteiger partial charge in [-0.3, -0.25) is 19.3 Å². The van der Waals surface area contributed by atoms with Crippen LogP contribution in [0.25, 0.3) is 10.2 Å². The van der Waals surface area contributed by atoms with E-state index in [0.29, 0.717) is 24.5 Å². The molecular weight excluding hydrogens is 406 g/mol. The SMILES string of the molecule is CCN(CC)C(=O)CSc1nc2ccc(N3C(=O)[C@H]4CCCC[C@H]4C3=O)cc2s1. The predicted octanol–water partition coefficient (Wildman–Crippen LogP) is 3.94. The Bertz CT molecular complexity index is 930.